The van der Waals surface area contributed by atoms with Gasteiger partial charge in [0, 0.05) is 0 Å². The molecule has 0 aromatic carbocycles. The first-order chi connectivity index (χ1) is 3.22. The van der Waals surface area contributed by atoms with Gasteiger partial charge in [-0.05, 0) is 14.1 Å². The van der Waals surface area contributed by atoms with Crippen molar-refractivity contribution in [1.29, 1.82) is 0 Å². The maximum Gasteiger partial charge on any atom is 0.176 e. The van der Waals surface area contributed by atoms with Gasteiger partial charge in [-0.1, -0.05) is 11.6 Å². The van der Waals surface area contributed by atoms with Crippen molar-refractivity contribution in [3.63, 3.8) is 0 Å². The average Bonchev–Trinajstić information content (AvgIpc) is 1.68. The van der Waals surface area contributed by atoms with Crippen molar-refractivity contribution in [1.82, 2.24) is 9.13 Å². The van der Waals surface area contributed by atoms with Gasteiger partial charge in [-0.15, -0.1) is 0 Å². The molecule has 1 fully saturated rings. The van der Waals surface area contributed by atoms with E-state index in [-0.39, 0.29) is 15.5 Å². The van der Waals surface area contributed by atoms with E-state index in [2.05, 4.69) is 23.2 Å². The number of rotatable bonds is 0. The van der Waals surface area contributed by atoms with E-state index in [1.54, 1.807) is 0 Å². The highest BCUT2D eigenvalue weighted by molar-refractivity contribution is 6.39. The van der Waals surface area contributed by atoms with Crippen molar-refractivity contribution in [2.75, 3.05) is 14.1 Å². The summed E-state index contributed by atoms with van der Waals surface area (Å²) < 4.78 is 4.39. The van der Waals surface area contributed by atoms with Gasteiger partial charge in [0.2, 0.25) is 0 Å². The third-order valence-electron chi connectivity index (χ3n) is 1.17. The molecule has 4 heteroatoms. The smallest absolute Gasteiger partial charge is 0.176 e. The zero-order valence-corrected chi connectivity index (χ0v) is 6.73. The van der Waals surface area contributed by atoms with Gasteiger partial charge in [-0.25, -0.2) is 0 Å². The molecule has 42 valence electrons. The van der Waals surface area contributed by atoms with Crippen molar-refractivity contribution in [2.24, 2.45) is 0 Å². The fraction of sp³-hybridized carbons (Fsp3) is 1.00. The normalized spacial score (nSPS) is 39.0. The first-order valence-electron chi connectivity index (χ1n) is 2.26. The fourth-order valence-electron chi connectivity index (χ4n) is 0.727. The summed E-state index contributed by atoms with van der Waals surface area (Å²) in [4.78, 5) is 0. The van der Waals surface area contributed by atoms with E-state index < -0.39 is 0 Å². The lowest BCUT2D eigenvalue weighted by atomic mass is 11.0. The topological polar surface area (TPSA) is 6.48 Å². The number of halogens is 1. The van der Waals surface area contributed by atoms with Crippen LogP contribution in [0.2, 0.25) is 0 Å². The summed E-state index contributed by atoms with van der Waals surface area (Å²) in [5.41, 5.74) is 0.201. The van der Waals surface area contributed by atoms with Gasteiger partial charge in [-0.3, -0.25) is 9.13 Å². The predicted molar refractivity (Wildman–Crippen MR) is 33.7 cm³/mol. The Labute approximate surface area is 51.0 Å². The molecule has 0 atom stereocenters. The molecule has 1 heterocycles. The van der Waals surface area contributed by atoms with E-state index in [9.17, 15) is 0 Å². The Bertz CT molecular complexity index is 71.3. The second-order valence-corrected chi connectivity index (χ2v) is 4.63. The molecular weight excluding hydrogens is 128 g/mol. The summed E-state index contributed by atoms with van der Waals surface area (Å²) in [7, 11) is 4.06. The summed E-state index contributed by atoms with van der Waals surface area (Å²) in [5.74, 6) is 0. The monoisotopic (exact) mass is 136 g/mol. The minimum atomic E-state index is -0.0590. The Kier molecular flexibility index (Phi) is 1.38. The molecule has 0 radical (unpaired) electrons. The Hall–Kier alpha value is 0.427. The molecule has 2 nitrogen and oxygen atoms in total. The van der Waals surface area contributed by atoms with Crippen LogP contribution in [0.25, 0.3) is 0 Å². The summed E-state index contributed by atoms with van der Waals surface area (Å²) in [6.07, 6.45) is 0. The molecule has 0 saturated carbocycles. The van der Waals surface area contributed by atoms with Gasteiger partial charge in [0.05, 0.1) is 0 Å². The third kappa shape index (κ3) is 0.816. The van der Waals surface area contributed by atoms with Crippen LogP contribution in [0.5, 0.6) is 0 Å². The van der Waals surface area contributed by atoms with Gasteiger partial charge >= 0.3 is 0 Å². The van der Waals surface area contributed by atoms with E-state index in [0.29, 0.717) is 0 Å². The molecule has 0 N–H and O–H groups in total. The van der Waals surface area contributed by atoms with Crippen molar-refractivity contribution in [3.05, 3.63) is 0 Å². The highest BCUT2D eigenvalue weighted by Gasteiger charge is 2.27. The molecule has 1 saturated heterocycles. The SMILES string of the molecule is CN1[SiH2]N(C)C1Cl. The van der Waals surface area contributed by atoms with Crippen LogP contribution >= 0.6 is 11.6 Å². The van der Waals surface area contributed by atoms with E-state index >= 15 is 0 Å². The highest BCUT2D eigenvalue weighted by Crippen LogP contribution is 2.13. The van der Waals surface area contributed by atoms with Crippen LogP contribution in [0.4, 0.5) is 0 Å². The van der Waals surface area contributed by atoms with Crippen molar-refractivity contribution >= 4 is 21.4 Å². The maximum atomic E-state index is 5.74. The van der Waals surface area contributed by atoms with Gasteiger partial charge in [0.1, 0.15) is 5.62 Å². The fourth-order valence-corrected chi connectivity index (χ4v) is 2.32. The second kappa shape index (κ2) is 1.74. The Balaban J connectivity index is 2.29. The van der Waals surface area contributed by atoms with Crippen LogP contribution < -0.4 is 0 Å². The van der Waals surface area contributed by atoms with Crippen LogP contribution in [0.1, 0.15) is 0 Å². The quantitative estimate of drug-likeness (QED) is 0.249. The van der Waals surface area contributed by atoms with Crippen LogP contribution in [0.15, 0.2) is 0 Å². The molecule has 0 bridgehead atoms. The molecule has 0 spiro atoms. The second-order valence-electron chi connectivity index (χ2n) is 1.97. The zero-order valence-electron chi connectivity index (χ0n) is 4.56. The lowest BCUT2D eigenvalue weighted by Crippen LogP contribution is -2.60. The third-order valence-corrected chi connectivity index (χ3v) is 3.89. The lowest BCUT2D eigenvalue weighted by molar-refractivity contribution is 0.225. The predicted octanol–water partition coefficient (Wildman–Crippen LogP) is -0.615. The zero-order chi connectivity index (χ0) is 5.44. The Morgan fingerprint density at radius 2 is 1.86 bits per heavy atom. The van der Waals surface area contributed by atoms with E-state index in [1.807, 2.05) is 0 Å². The van der Waals surface area contributed by atoms with Crippen LogP contribution in [0.3, 0.4) is 0 Å². The first-order valence-corrected chi connectivity index (χ1v) is 3.96. The Morgan fingerprint density at radius 1 is 1.43 bits per heavy atom. The summed E-state index contributed by atoms with van der Waals surface area (Å²) in [5, 5.41) is 0. The molecule has 0 unspecified atom stereocenters. The van der Waals surface area contributed by atoms with Gasteiger partial charge in [0.15, 0.2) is 9.84 Å². The standard InChI is InChI=1S/C3H9ClN2Si/c1-5-3(4)6(2)7-5/h3H,7H2,1-2H3. The summed E-state index contributed by atoms with van der Waals surface area (Å²) in [6, 6.07) is 0. The molecular formula is C3H9ClN2Si. The highest BCUT2D eigenvalue weighted by atomic mass is 35.5. The number of hydrogen-bond acceptors (Lipinski definition) is 2. The van der Waals surface area contributed by atoms with E-state index in [4.69, 9.17) is 11.6 Å². The Morgan fingerprint density at radius 3 is 1.86 bits per heavy atom. The largest absolute Gasteiger partial charge is 0.292 e. The molecule has 1 rings (SSSR count). The minimum absolute atomic E-state index is 0.0590. The van der Waals surface area contributed by atoms with Gasteiger partial charge in [-0.2, -0.15) is 0 Å². The molecule has 0 amide bonds. The van der Waals surface area contributed by atoms with Crippen LogP contribution in [-0.4, -0.2) is 38.7 Å². The van der Waals surface area contributed by atoms with E-state index in [1.165, 1.54) is 0 Å². The molecule has 7 heavy (non-hydrogen) atoms. The van der Waals surface area contributed by atoms with Crippen LogP contribution in [-0.2, 0) is 0 Å². The lowest BCUT2D eigenvalue weighted by Gasteiger charge is -2.42. The van der Waals surface area contributed by atoms with Crippen molar-refractivity contribution in [3.8, 4) is 0 Å². The van der Waals surface area contributed by atoms with E-state index in [0.717, 1.165) is 0 Å². The summed E-state index contributed by atoms with van der Waals surface area (Å²) in [6.45, 7) is 0. The molecule has 0 aliphatic carbocycles. The minimum Gasteiger partial charge on any atom is -0.292 e. The first kappa shape index (κ1) is 5.56. The molecule has 0 aromatic heterocycles. The number of hydrogen-bond donors (Lipinski definition) is 0. The van der Waals surface area contributed by atoms with Crippen LogP contribution in [0, 0.1) is 0 Å². The van der Waals surface area contributed by atoms with Gasteiger partial charge in [0.25, 0.3) is 0 Å². The summed E-state index contributed by atoms with van der Waals surface area (Å²) >= 11 is 5.74. The van der Waals surface area contributed by atoms with Crippen molar-refractivity contribution < 1.29 is 0 Å². The number of alkyl halides is 1. The molecule has 1 aliphatic heterocycles. The van der Waals surface area contributed by atoms with Gasteiger partial charge < -0.3 is 0 Å². The maximum absolute atomic E-state index is 5.74. The molecule has 1 aliphatic rings. The average molecular weight is 137 g/mol. The van der Waals surface area contributed by atoms with Crippen molar-refractivity contribution in [2.45, 2.75) is 5.62 Å². The molecule has 0 aromatic rings. The number of nitrogens with zero attached hydrogens (tertiary/aromatic N) is 2.